The molecule has 3 rings (SSSR count). The number of hydrogen-bond donors (Lipinski definition) is 1. The van der Waals surface area contributed by atoms with E-state index in [1.165, 1.54) is 5.69 Å². The topological polar surface area (TPSA) is 54.3 Å². The minimum Gasteiger partial charge on any atom is -0.492 e. The molecule has 1 N–H and O–H groups in total. The van der Waals surface area contributed by atoms with Crippen LogP contribution in [0.15, 0.2) is 47.6 Å². The van der Waals surface area contributed by atoms with Crippen LogP contribution in [-0.4, -0.2) is 73.9 Å². The first-order valence-corrected chi connectivity index (χ1v) is 10.2. The van der Waals surface area contributed by atoms with E-state index >= 15 is 0 Å². The van der Waals surface area contributed by atoms with Crippen LogP contribution >= 0.6 is 24.0 Å². The molecular weight excluding hydrogens is 493 g/mol. The van der Waals surface area contributed by atoms with E-state index in [9.17, 15) is 0 Å². The van der Waals surface area contributed by atoms with Gasteiger partial charge in [0.25, 0.3) is 0 Å². The van der Waals surface area contributed by atoms with Gasteiger partial charge in [0.2, 0.25) is 0 Å². The van der Waals surface area contributed by atoms with Crippen molar-refractivity contribution in [2.75, 3.05) is 53.6 Å². The second-order valence-corrected chi connectivity index (χ2v) is 7.28. The molecule has 2 aromatic rings. The van der Waals surface area contributed by atoms with E-state index < -0.39 is 0 Å². The molecule has 0 radical (unpaired) electrons. The number of nitrogens with one attached hydrogen (secondary N) is 1. The van der Waals surface area contributed by atoms with E-state index in [4.69, 9.17) is 9.47 Å². The average molecular weight is 527 g/mol. The SMILES string of the molecule is CN=C(NCc1ccccc1OCCN1CCOCC1)N(C)Cc1cccn1C.I. The highest BCUT2D eigenvalue weighted by Gasteiger charge is 2.12. The highest BCUT2D eigenvalue weighted by molar-refractivity contribution is 14.0. The van der Waals surface area contributed by atoms with E-state index in [0.717, 1.165) is 56.7 Å². The van der Waals surface area contributed by atoms with Crippen LogP contribution < -0.4 is 10.1 Å². The second-order valence-electron chi connectivity index (χ2n) is 7.28. The number of guanidine groups is 1. The molecule has 30 heavy (non-hydrogen) atoms. The lowest BCUT2D eigenvalue weighted by Gasteiger charge is -2.26. The first kappa shape index (κ1) is 24.5. The van der Waals surface area contributed by atoms with Crippen molar-refractivity contribution in [2.24, 2.45) is 12.0 Å². The average Bonchev–Trinajstić information content (AvgIpc) is 3.14. The number of aliphatic imine (C=N–C) groups is 1. The number of morpholine rings is 1. The zero-order valence-corrected chi connectivity index (χ0v) is 20.5. The van der Waals surface area contributed by atoms with Crippen LogP contribution in [0.5, 0.6) is 5.75 Å². The van der Waals surface area contributed by atoms with Crippen LogP contribution in [-0.2, 0) is 24.9 Å². The summed E-state index contributed by atoms with van der Waals surface area (Å²) in [6, 6.07) is 12.4. The van der Waals surface area contributed by atoms with Crippen LogP contribution in [0, 0.1) is 0 Å². The standard InChI is InChI=1S/C22H33N5O2.HI/c1-23-22(26(3)18-20-8-6-10-25(20)2)24-17-19-7-4-5-9-21(19)29-16-13-27-11-14-28-15-12-27;/h4-10H,11-18H2,1-3H3,(H,23,24);1H. The van der Waals surface area contributed by atoms with Gasteiger partial charge in [0.15, 0.2) is 5.96 Å². The van der Waals surface area contributed by atoms with Gasteiger partial charge in [0.05, 0.1) is 19.8 Å². The van der Waals surface area contributed by atoms with E-state index in [1.807, 2.05) is 32.3 Å². The molecule has 7 nitrogen and oxygen atoms in total. The van der Waals surface area contributed by atoms with Crippen molar-refractivity contribution in [1.29, 1.82) is 0 Å². The quantitative estimate of drug-likeness (QED) is 0.325. The molecule has 1 saturated heterocycles. The summed E-state index contributed by atoms with van der Waals surface area (Å²) >= 11 is 0. The number of para-hydroxylation sites is 1. The second kappa shape index (κ2) is 12.8. The molecule has 2 heterocycles. The fourth-order valence-electron chi connectivity index (χ4n) is 3.44. The maximum Gasteiger partial charge on any atom is 0.194 e. The maximum atomic E-state index is 6.09. The van der Waals surface area contributed by atoms with Gasteiger partial charge in [0, 0.05) is 64.8 Å². The molecule has 0 bridgehead atoms. The first-order chi connectivity index (χ1) is 14.2. The van der Waals surface area contributed by atoms with Gasteiger partial charge >= 0.3 is 0 Å². The predicted octanol–water partition coefficient (Wildman–Crippen LogP) is 2.56. The highest BCUT2D eigenvalue weighted by atomic mass is 127. The molecule has 1 aliphatic rings. The Kier molecular flexibility index (Phi) is 10.5. The van der Waals surface area contributed by atoms with Gasteiger partial charge in [-0.15, -0.1) is 24.0 Å². The number of aromatic nitrogens is 1. The molecule has 0 saturated carbocycles. The minimum absolute atomic E-state index is 0. The van der Waals surface area contributed by atoms with Crippen molar-refractivity contribution in [3.63, 3.8) is 0 Å². The molecule has 0 atom stereocenters. The van der Waals surface area contributed by atoms with Crippen molar-refractivity contribution in [1.82, 2.24) is 19.7 Å². The Hall–Kier alpha value is -1.78. The third-order valence-electron chi connectivity index (χ3n) is 5.20. The van der Waals surface area contributed by atoms with Crippen LogP contribution in [0.3, 0.4) is 0 Å². The normalized spacial score (nSPS) is 14.8. The molecule has 0 aliphatic carbocycles. The Morgan fingerprint density at radius 3 is 2.67 bits per heavy atom. The van der Waals surface area contributed by atoms with Crippen molar-refractivity contribution in [3.05, 3.63) is 53.9 Å². The van der Waals surface area contributed by atoms with Gasteiger partial charge in [-0.25, -0.2) is 0 Å². The number of aryl methyl sites for hydroxylation is 1. The Balaban J connectivity index is 0.00000320. The van der Waals surface area contributed by atoms with Crippen LogP contribution in [0.25, 0.3) is 0 Å². The lowest BCUT2D eigenvalue weighted by atomic mass is 10.2. The Labute approximate surface area is 197 Å². The monoisotopic (exact) mass is 527 g/mol. The molecule has 8 heteroatoms. The molecule has 166 valence electrons. The van der Waals surface area contributed by atoms with Gasteiger partial charge in [-0.3, -0.25) is 9.89 Å². The number of benzene rings is 1. The first-order valence-electron chi connectivity index (χ1n) is 10.2. The Morgan fingerprint density at radius 2 is 1.97 bits per heavy atom. The van der Waals surface area contributed by atoms with E-state index in [2.05, 4.69) is 56.1 Å². The van der Waals surface area contributed by atoms with Gasteiger partial charge in [-0.1, -0.05) is 18.2 Å². The van der Waals surface area contributed by atoms with Crippen LogP contribution in [0.4, 0.5) is 0 Å². The summed E-state index contributed by atoms with van der Waals surface area (Å²) < 4.78 is 13.6. The number of ether oxygens (including phenoxy) is 2. The molecule has 1 aliphatic heterocycles. The molecule has 1 aromatic heterocycles. The summed E-state index contributed by atoms with van der Waals surface area (Å²) in [4.78, 5) is 8.93. The van der Waals surface area contributed by atoms with Gasteiger partial charge in [0.1, 0.15) is 12.4 Å². The summed E-state index contributed by atoms with van der Waals surface area (Å²) in [5.41, 5.74) is 2.37. The summed E-state index contributed by atoms with van der Waals surface area (Å²) in [5.74, 6) is 1.78. The lowest BCUT2D eigenvalue weighted by molar-refractivity contribution is 0.0322. The van der Waals surface area contributed by atoms with Crippen LogP contribution in [0.1, 0.15) is 11.3 Å². The number of rotatable bonds is 8. The van der Waals surface area contributed by atoms with E-state index in [1.54, 1.807) is 0 Å². The maximum absolute atomic E-state index is 6.09. The van der Waals surface area contributed by atoms with E-state index in [-0.39, 0.29) is 24.0 Å². The number of nitrogens with zero attached hydrogens (tertiary/aromatic N) is 4. The van der Waals surface area contributed by atoms with Gasteiger partial charge in [-0.05, 0) is 18.2 Å². The molecule has 1 aromatic carbocycles. The van der Waals surface area contributed by atoms with Gasteiger partial charge in [-0.2, -0.15) is 0 Å². The highest BCUT2D eigenvalue weighted by Crippen LogP contribution is 2.18. The zero-order chi connectivity index (χ0) is 20.5. The minimum atomic E-state index is 0. The number of hydrogen-bond acceptors (Lipinski definition) is 4. The fourth-order valence-corrected chi connectivity index (χ4v) is 3.44. The van der Waals surface area contributed by atoms with Gasteiger partial charge < -0.3 is 24.3 Å². The Morgan fingerprint density at radius 1 is 1.20 bits per heavy atom. The third-order valence-corrected chi connectivity index (χ3v) is 5.20. The molecule has 1 fully saturated rings. The lowest BCUT2D eigenvalue weighted by Crippen LogP contribution is -2.39. The zero-order valence-electron chi connectivity index (χ0n) is 18.2. The van der Waals surface area contributed by atoms with Crippen molar-refractivity contribution >= 4 is 29.9 Å². The largest absolute Gasteiger partial charge is 0.492 e. The Bertz CT molecular complexity index is 789. The summed E-state index contributed by atoms with van der Waals surface area (Å²) in [7, 11) is 5.92. The summed E-state index contributed by atoms with van der Waals surface area (Å²) in [5, 5.41) is 3.46. The smallest absolute Gasteiger partial charge is 0.194 e. The summed E-state index contributed by atoms with van der Waals surface area (Å²) in [6.45, 7) is 6.66. The third kappa shape index (κ3) is 7.17. The van der Waals surface area contributed by atoms with Crippen LogP contribution in [0.2, 0.25) is 0 Å². The molecular formula is C22H34IN5O2. The van der Waals surface area contributed by atoms with Crippen molar-refractivity contribution in [3.8, 4) is 5.75 Å². The molecule has 0 amide bonds. The van der Waals surface area contributed by atoms with E-state index in [0.29, 0.717) is 13.2 Å². The fraction of sp³-hybridized carbons (Fsp3) is 0.500. The molecule has 0 spiro atoms. The summed E-state index contributed by atoms with van der Waals surface area (Å²) in [6.07, 6.45) is 2.06. The van der Waals surface area contributed by atoms with Crippen molar-refractivity contribution < 1.29 is 9.47 Å². The van der Waals surface area contributed by atoms with Crippen molar-refractivity contribution in [2.45, 2.75) is 13.1 Å². The predicted molar refractivity (Wildman–Crippen MR) is 132 cm³/mol. The molecule has 0 unspecified atom stereocenters. The number of halogens is 1.